The quantitative estimate of drug-likeness (QED) is 0.811. The lowest BCUT2D eigenvalue weighted by Crippen LogP contribution is -2.33. The number of aliphatic carboxylic acids is 1. The van der Waals surface area contributed by atoms with Gasteiger partial charge in [0.2, 0.25) is 5.91 Å². The monoisotopic (exact) mass is 341 g/mol. The number of hydrogen-bond acceptors (Lipinski definition) is 3. The van der Waals surface area contributed by atoms with Gasteiger partial charge in [-0.05, 0) is 49.1 Å². The molecular formula is C20H23NO4. The highest BCUT2D eigenvalue weighted by molar-refractivity contribution is 5.84. The number of hydrogen-bond donors (Lipinski definition) is 2. The normalized spacial score (nSPS) is 11.6. The summed E-state index contributed by atoms with van der Waals surface area (Å²) in [6.07, 6.45) is 0.816. The van der Waals surface area contributed by atoms with Crippen LogP contribution >= 0.6 is 0 Å². The van der Waals surface area contributed by atoms with Crippen LogP contribution in [0.15, 0.2) is 42.5 Å². The summed E-state index contributed by atoms with van der Waals surface area (Å²) >= 11 is 0. The molecule has 2 aromatic rings. The highest BCUT2D eigenvalue weighted by atomic mass is 16.5. The summed E-state index contributed by atoms with van der Waals surface area (Å²) in [6.45, 7) is 4.04. The predicted molar refractivity (Wildman–Crippen MR) is 95.8 cm³/mol. The Bertz CT molecular complexity index is 753. The van der Waals surface area contributed by atoms with E-state index in [9.17, 15) is 14.7 Å². The minimum atomic E-state index is -1.09. The molecule has 132 valence electrons. The maximum atomic E-state index is 12.2. The van der Waals surface area contributed by atoms with E-state index in [4.69, 9.17) is 4.74 Å². The number of carboxylic acid groups (broad SMARTS) is 1. The predicted octanol–water partition coefficient (Wildman–Crippen LogP) is 3.19. The molecule has 0 spiro atoms. The number of carboxylic acids is 1. The maximum Gasteiger partial charge on any atom is 0.330 e. The van der Waals surface area contributed by atoms with Crippen LogP contribution in [0.4, 0.5) is 0 Å². The van der Waals surface area contributed by atoms with Gasteiger partial charge in [-0.1, -0.05) is 35.9 Å². The number of rotatable bonds is 7. The Morgan fingerprint density at radius 3 is 2.36 bits per heavy atom. The molecule has 0 aromatic heterocycles. The van der Waals surface area contributed by atoms with Gasteiger partial charge in [0, 0.05) is 6.42 Å². The molecule has 2 aromatic carbocycles. The Morgan fingerprint density at radius 1 is 1.12 bits per heavy atom. The maximum absolute atomic E-state index is 12.2. The number of methoxy groups -OCH3 is 1. The summed E-state index contributed by atoms with van der Waals surface area (Å²) in [5.74, 6) is -0.748. The van der Waals surface area contributed by atoms with Crippen LogP contribution < -0.4 is 10.1 Å². The first-order valence-corrected chi connectivity index (χ1v) is 8.13. The highest BCUT2D eigenvalue weighted by Gasteiger charge is 2.22. The average molecular weight is 341 g/mol. The molecule has 0 fully saturated rings. The molecule has 1 atom stereocenters. The summed E-state index contributed by atoms with van der Waals surface area (Å²) in [6, 6.07) is 11.7. The van der Waals surface area contributed by atoms with Gasteiger partial charge in [-0.3, -0.25) is 4.79 Å². The fraction of sp³-hybridized carbons (Fsp3) is 0.300. The lowest BCUT2D eigenvalue weighted by Gasteiger charge is -2.15. The van der Waals surface area contributed by atoms with E-state index < -0.39 is 12.0 Å². The molecule has 0 aliphatic rings. The van der Waals surface area contributed by atoms with E-state index in [2.05, 4.69) is 11.4 Å². The first-order chi connectivity index (χ1) is 11.9. The molecule has 1 amide bonds. The summed E-state index contributed by atoms with van der Waals surface area (Å²) < 4.78 is 5.06. The second kappa shape index (κ2) is 8.33. The lowest BCUT2D eigenvalue weighted by molar-refractivity contribution is -0.142. The molecule has 0 saturated heterocycles. The van der Waals surface area contributed by atoms with E-state index in [1.54, 1.807) is 31.4 Å². The smallest absolute Gasteiger partial charge is 0.330 e. The van der Waals surface area contributed by atoms with Crippen LogP contribution in [0.2, 0.25) is 0 Å². The molecular weight excluding hydrogens is 318 g/mol. The minimum absolute atomic E-state index is 0.240. The van der Waals surface area contributed by atoms with Crippen molar-refractivity contribution in [3.8, 4) is 5.75 Å². The zero-order valence-electron chi connectivity index (χ0n) is 14.7. The molecule has 5 heteroatoms. The molecule has 5 nitrogen and oxygen atoms in total. The van der Waals surface area contributed by atoms with Gasteiger partial charge in [-0.2, -0.15) is 0 Å². The van der Waals surface area contributed by atoms with Gasteiger partial charge in [-0.25, -0.2) is 4.79 Å². The number of amides is 1. The third-order valence-electron chi connectivity index (χ3n) is 4.12. The van der Waals surface area contributed by atoms with Gasteiger partial charge < -0.3 is 15.2 Å². The number of carbonyl (C=O) groups is 2. The standard InChI is InChI=1S/C20H23NO4/c1-13-4-5-15(14(2)12-13)8-11-18(22)21-19(20(23)24)16-6-9-17(25-3)10-7-16/h4-7,9-10,12,19H,8,11H2,1-3H3,(H,21,22)(H,23,24). The van der Waals surface area contributed by atoms with E-state index in [-0.39, 0.29) is 12.3 Å². The second-order valence-corrected chi connectivity index (χ2v) is 6.04. The minimum Gasteiger partial charge on any atom is -0.497 e. The van der Waals surface area contributed by atoms with E-state index in [0.717, 1.165) is 11.1 Å². The molecule has 0 aliphatic heterocycles. The van der Waals surface area contributed by atoms with Gasteiger partial charge in [0.25, 0.3) is 0 Å². The van der Waals surface area contributed by atoms with Crippen molar-refractivity contribution in [1.29, 1.82) is 0 Å². The van der Waals surface area contributed by atoms with E-state index in [0.29, 0.717) is 17.7 Å². The molecule has 0 radical (unpaired) electrons. The Kier molecular flexibility index (Phi) is 6.17. The first-order valence-electron chi connectivity index (χ1n) is 8.13. The van der Waals surface area contributed by atoms with Gasteiger partial charge in [0.15, 0.2) is 6.04 Å². The highest BCUT2D eigenvalue weighted by Crippen LogP contribution is 2.19. The van der Waals surface area contributed by atoms with Crippen molar-refractivity contribution < 1.29 is 19.4 Å². The molecule has 0 heterocycles. The van der Waals surface area contributed by atoms with Crippen LogP contribution in [0, 0.1) is 13.8 Å². The number of nitrogens with one attached hydrogen (secondary N) is 1. The SMILES string of the molecule is COc1ccc(C(NC(=O)CCc2ccc(C)cc2C)C(=O)O)cc1. The Hall–Kier alpha value is -2.82. The fourth-order valence-corrected chi connectivity index (χ4v) is 2.69. The first kappa shape index (κ1) is 18.5. The number of benzene rings is 2. The van der Waals surface area contributed by atoms with Crippen molar-refractivity contribution in [3.05, 3.63) is 64.7 Å². The molecule has 25 heavy (non-hydrogen) atoms. The van der Waals surface area contributed by atoms with Crippen molar-refractivity contribution in [2.45, 2.75) is 32.7 Å². The molecule has 2 rings (SSSR count). The summed E-state index contributed by atoms with van der Waals surface area (Å²) in [7, 11) is 1.54. The van der Waals surface area contributed by atoms with Crippen molar-refractivity contribution >= 4 is 11.9 Å². The van der Waals surface area contributed by atoms with Gasteiger partial charge in [0.1, 0.15) is 5.75 Å². The second-order valence-electron chi connectivity index (χ2n) is 6.04. The summed E-state index contributed by atoms with van der Waals surface area (Å²) in [5.41, 5.74) is 3.92. The Balaban J connectivity index is 2.01. The average Bonchev–Trinajstić information content (AvgIpc) is 2.59. The van der Waals surface area contributed by atoms with Crippen molar-refractivity contribution in [2.24, 2.45) is 0 Å². The Morgan fingerprint density at radius 2 is 1.80 bits per heavy atom. The fourth-order valence-electron chi connectivity index (χ4n) is 2.69. The number of ether oxygens (including phenoxy) is 1. The Labute approximate surface area is 147 Å². The number of carbonyl (C=O) groups excluding carboxylic acids is 1. The van der Waals surface area contributed by atoms with Gasteiger partial charge in [-0.15, -0.1) is 0 Å². The van der Waals surface area contributed by atoms with Crippen molar-refractivity contribution in [1.82, 2.24) is 5.32 Å². The summed E-state index contributed by atoms with van der Waals surface area (Å²) in [4.78, 5) is 23.7. The largest absolute Gasteiger partial charge is 0.497 e. The third kappa shape index (κ3) is 5.08. The molecule has 0 saturated carbocycles. The van der Waals surface area contributed by atoms with Crippen LogP contribution in [0.25, 0.3) is 0 Å². The molecule has 0 aliphatic carbocycles. The van der Waals surface area contributed by atoms with Crippen LogP contribution in [0.5, 0.6) is 5.75 Å². The van der Waals surface area contributed by atoms with E-state index in [1.165, 1.54) is 5.56 Å². The van der Waals surface area contributed by atoms with Crippen LogP contribution in [0.1, 0.15) is 34.7 Å². The van der Waals surface area contributed by atoms with Crippen LogP contribution in [-0.4, -0.2) is 24.1 Å². The van der Waals surface area contributed by atoms with Crippen molar-refractivity contribution in [3.63, 3.8) is 0 Å². The van der Waals surface area contributed by atoms with Crippen LogP contribution in [-0.2, 0) is 16.0 Å². The van der Waals surface area contributed by atoms with E-state index >= 15 is 0 Å². The zero-order chi connectivity index (χ0) is 18.4. The summed E-state index contributed by atoms with van der Waals surface area (Å²) in [5, 5.41) is 12.0. The van der Waals surface area contributed by atoms with Crippen molar-refractivity contribution in [2.75, 3.05) is 7.11 Å². The number of aryl methyl sites for hydroxylation is 3. The zero-order valence-corrected chi connectivity index (χ0v) is 14.7. The van der Waals surface area contributed by atoms with E-state index in [1.807, 2.05) is 26.0 Å². The third-order valence-corrected chi connectivity index (χ3v) is 4.12. The molecule has 1 unspecified atom stereocenters. The van der Waals surface area contributed by atoms with Crippen LogP contribution in [0.3, 0.4) is 0 Å². The molecule has 0 bridgehead atoms. The molecule has 2 N–H and O–H groups in total. The van der Waals surface area contributed by atoms with Gasteiger partial charge in [0.05, 0.1) is 7.11 Å². The van der Waals surface area contributed by atoms with Gasteiger partial charge >= 0.3 is 5.97 Å². The lowest BCUT2D eigenvalue weighted by atomic mass is 10.0. The topological polar surface area (TPSA) is 75.6 Å².